The molecular formula is C15H15N3O4. The Morgan fingerprint density at radius 3 is 2.86 bits per heavy atom. The summed E-state index contributed by atoms with van der Waals surface area (Å²) in [7, 11) is 0. The van der Waals surface area contributed by atoms with Crippen molar-refractivity contribution in [1.29, 1.82) is 0 Å². The second kappa shape index (κ2) is 6.30. The van der Waals surface area contributed by atoms with Crippen LogP contribution in [0, 0.1) is 0 Å². The van der Waals surface area contributed by atoms with Gasteiger partial charge >= 0.3 is 0 Å². The Morgan fingerprint density at radius 1 is 1.23 bits per heavy atom. The third-order valence-corrected chi connectivity index (χ3v) is 2.97. The highest BCUT2D eigenvalue weighted by Crippen LogP contribution is 2.32. The average molecular weight is 301 g/mol. The van der Waals surface area contributed by atoms with Gasteiger partial charge in [0.05, 0.1) is 6.61 Å². The van der Waals surface area contributed by atoms with Crippen molar-refractivity contribution in [3.63, 3.8) is 0 Å². The number of carbonyl (C=O) groups excluding carboxylic acids is 1. The van der Waals surface area contributed by atoms with Crippen LogP contribution in [0.4, 0.5) is 5.69 Å². The van der Waals surface area contributed by atoms with Gasteiger partial charge in [0.1, 0.15) is 25.2 Å². The minimum absolute atomic E-state index is 0.230. The number of amides is 1. The number of nitrogens with zero attached hydrogens (tertiary/aromatic N) is 2. The molecule has 0 atom stereocenters. The van der Waals surface area contributed by atoms with Crippen molar-refractivity contribution in [2.45, 2.75) is 6.92 Å². The van der Waals surface area contributed by atoms with Crippen molar-refractivity contribution in [2.24, 2.45) is 0 Å². The van der Waals surface area contributed by atoms with Gasteiger partial charge < -0.3 is 19.5 Å². The van der Waals surface area contributed by atoms with Gasteiger partial charge in [0.2, 0.25) is 5.88 Å². The first kappa shape index (κ1) is 14.1. The van der Waals surface area contributed by atoms with Crippen LogP contribution in [-0.4, -0.2) is 35.7 Å². The highest BCUT2D eigenvalue weighted by atomic mass is 16.6. The van der Waals surface area contributed by atoms with E-state index < -0.39 is 0 Å². The second-order valence-corrected chi connectivity index (χ2v) is 4.49. The monoisotopic (exact) mass is 301 g/mol. The van der Waals surface area contributed by atoms with Crippen molar-refractivity contribution in [3.05, 3.63) is 36.3 Å². The zero-order valence-corrected chi connectivity index (χ0v) is 12.0. The van der Waals surface area contributed by atoms with Crippen LogP contribution in [0.1, 0.15) is 17.4 Å². The minimum atomic E-state index is -0.347. The summed E-state index contributed by atoms with van der Waals surface area (Å²) in [6.07, 6.45) is 1.30. The van der Waals surface area contributed by atoms with Gasteiger partial charge in [-0.15, -0.1) is 0 Å². The molecule has 0 fully saturated rings. The zero-order chi connectivity index (χ0) is 15.4. The number of rotatable bonds is 4. The van der Waals surface area contributed by atoms with Crippen molar-refractivity contribution in [3.8, 4) is 17.4 Å². The molecule has 0 radical (unpaired) electrons. The maximum atomic E-state index is 12.2. The van der Waals surface area contributed by atoms with E-state index in [0.29, 0.717) is 42.9 Å². The molecule has 1 aliphatic heterocycles. The molecule has 1 amide bonds. The lowest BCUT2D eigenvalue weighted by Gasteiger charge is -2.18. The Kier molecular flexibility index (Phi) is 4.04. The largest absolute Gasteiger partial charge is 0.486 e. The summed E-state index contributed by atoms with van der Waals surface area (Å²) in [5.41, 5.74) is 0.833. The molecule has 1 aliphatic rings. The first-order valence-electron chi connectivity index (χ1n) is 6.92. The lowest BCUT2D eigenvalue weighted by atomic mass is 10.2. The number of ether oxygens (including phenoxy) is 3. The summed E-state index contributed by atoms with van der Waals surface area (Å²) in [6, 6.07) is 6.72. The van der Waals surface area contributed by atoms with Gasteiger partial charge in [-0.25, -0.2) is 9.97 Å². The fraction of sp³-hybridized carbons (Fsp3) is 0.267. The fourth-order valence-electron chi connectivity index (χ4n) is 2.01. The maximum Gasteiger partial charge on any atom is 0.274 e. The Labute approximate surface area is 127 Å². The van der Waals surface area contributed by atoms with E-state index in [9.17, 15) is 4.79 Å². The molecule has 1 N–H and O–H groups in total. The van der Waals surface area contributed by atoms with Crippen LogP contribution in [0.2, 0.25) is 0 Å². The minimum Gasteiger partial charge on any atom is -0.486 e. The Hall–Kier alpha value is -2.83. The highest BCUT2D eigenvalue weighted by Gasteiger charge is 2.14. The summed E-state index contributed by atoms with van der Waals surface area (Å²) >= 11 is 0. The van der Waals surface area contributed by atoms with Crippen molar-refractivity contribution in [2.75, 3.05) is 25.1 Å². The van der Waals surface area contributed by atoms with E-state index in [-0.39, 0.29) is 11.6 Å². The van der Waals surface area contributed by atoms with E-state index in [2.05, 4.69) is 15.3 Å². The zero-order valence-electron chi connectivity index (χ0n) is 12.0. The van der Waals surface area contributed by atoms with Gasteiger partial charge in [-0.2, -0.15) is 0 Å². The van der Waals surface area contributed by atoms with Crippen LogP contribution in [0.5, 0.6) is 17.4 Å². The predicted molar refractivity (Wildman–Crippen MR) is 78.6 cm³/mol. The number of nitrogens with one attached hydrogen (secondary N) is 1. The number of hydrogen-bond donors (Lipinski definition) is 1. The number of benzene rings is 1. The van der Waals surface area contributed by atoms with Crippen molar-refractivity contribution >= 4 is 11.6 Å². The Balaban J connectivity index is 1.75. The smallest absolute Gasteiger partial charge is 0.274 e. The van der Waals surface area contributed by atoms with Gasteiger partial charge in [0, 0.05) is 17.8 Å². The lowest BCUT2D eigenvalue weighted by Crippen LogP contribution is -2.17. The standard InChI is InChI=1S/C15H15N3O4/c1-2-20-14-8-11(16-9-17-14)15(19)18-10-3-4-12-13(7-10)22-6-5-21-12/h3-4,7-9H,2,5-6H2,1H3,(H,18,19). The Morgan fingerprint density at radius 2 is 2.05 bits per heavy atom. The van der Waals surface area contributed by atoms with Gasteiger partial charge in [0.25, 0.3) is 5.91 Å². The molecule has 7 nitrogen and oxygen atoms in total. The van der Waals surface area contributed by atoms with E-state index in [1.807, 2.05) is 6.92 Å². The van der Waals surface area contributed by atoms with E-state index in [1.165, 1.54) is 12.4 Å². The summed E-state index contributed by atoms with van der Waals surface area (Å²) in [5.74, 6) is 1.30. The molecule has 114 valence electrons. The molecule has 0 aliphatic carbocycles. The predicted octanol–water partition coefficient (Wildman–Crippen LogP) is 1.90. The Bertz CT molecular complexity index is 690. The second-order valence-electron chi connectivity index (χ2n) is 4.49. The summed E-state index contributed by atoms with van der Waals surface area (Å²) in [6.45, 7) is 3.34. The molecule has 2 heterocycles. The average Bonchev–Trinajstić information content (AvgIpc) is 2.55. The normalized spacial score (nSPS) is 12.6. The number of fused-ring (bicyclic) bond motifs is 1. The van der Waals surface area contributed by atoms with Gasteiger partial charge in [-0.1, -0.05) is 0 Å². The van der Waals surface area contributed by atoms with Crippen LogP contribution >= 0.6 is 0 Å². The quantitative estimate of drug-likeness (QED) is 0.928. The van der Waals surface area contributed by atoms with Gasteiger partial charge in [-0.3, -0.25) is 4.79 Å². The van der Waals surface area contributed by atoms with Crippen LogP contribution in [0.3, 0.4) is 0 Å². The molecule has 1 aromatic carbocycles. The first-order chi connectivity index (χ1) is 10.8. The van der Waals surface area contributed by atoms with Crippen LogP contribution in [0.25, 0.3) is 0 Å². The van der Waals surface area contributed by atoms with Crippen molar-refractivity contribution < 1.29 is 19.0 Å². The van der Waals surface area contributed by atoms with E-state index in [0.717, 1.165) is 0 Å². The van der Waals surface area contributed by atoms with Crippen LogP contribution in [0.15, 0.2) is 30.6 Å². The van der Waals surface area contributed by atoms with E-state index >= 15 is 0 Å². The molecule has 0 bridgehead atoms. The summed E-state index contributed by atoms with van der Waals surface area (Å²) < 4.78 is 16.2. The molecule has 7 heteroatoms. The van der Waals surface area contributed by atoms with E-state index in [1.54, 1.807) is 18.2 Å². The molecule has 22 heavy (non-hydrogen) atoms. The number of aromatic nitrogens is 2. The number of hydrogen-bond acceptors (Lipinski definition) is 6. The topological polar surface area (TPSA) is 82.6 Å². The molecule has 0 spiro atoms. The van der Waals surface area contributed by atoms with Gasteiger partial charge in [0.15, 0.2) is 11.5 Å². The SMILES string of the molecule is CCOc1cc(C(=O)Nc2ccc3c(c2)OCCO3)ncn1. The number of anilines is 1. The fourth-order valence-corrected chi connectivity index (χ4v) is 2.01. The van der Waals surface area contributed by atoms with E-state index in [4.69, 9.17) is 14.2 Å². The molecule has 1 aromatic heterocycles. The number of carbonyl (C=O) groups is 1. The molecule has 0 unspecified atom stereocenters. The van der Waals surface area contributed by atoms with Crippen molar-refractivity contribution in [1.82, 2.24) is 9.97 Å². The maximum absolute atomic E-state index is 12.2. The molecule has 0 saturated carbocycles. The molecule has 0 saturated heterocycles. The van der Waals surface area contributed by atoms with Crippen LogP contribution in [-0.2, 0) is 0 Å². The third kappa shape index (κ3) is 3.08. The molecular weight excluding hydrogens is 286 g/mol. The molecule has 3 rings (SSSR count). The molecule has 2 aromatic rings. The highest BCUT2D eigenvalue weighted by molar-refractivity contribution is 6.03. The summed E-state index contributed by atoms with van der Waals surface area (Å²) in [5, 5.41) is 2.76. The lowest BCUT2D eigenvalue weighted by molar-refractivity contribution is 0.102. The summed E-state index contributed by atoms with van der Waals surface area (Å²) in [4.78, 5) is 20.1. The third-order valence-electron chi connectivity index (χ3n) is 2.97. The van der Waals surface area contributed by atoms with Crippen LogP contribution < -0.4 is 19.5 Å². The first-order valence-corrected chi connectivity index (χ1v) is 6.92. The van der Waals surface area contributed by atoms with Gasteiger partial charge in [-0.05, 0) is 19.1 Å².